The summed E-state index contributed by atoms with van der Waals surface area (Å²) in [4.78, 5) is 53.8. The fraction of sp³-hybridized carbons (Fsp3) is 0.294. The Balaban J connectivity index is 1.37. The van der Waals surface area contributed by atoms with Gasteiger partial charge in [0.05, 0.1) is 33.4 Å². The van der Waals surface area contributed by atoms with Gasteiger partial charge in [-0.25, -0.2) is 18.0 Å². The maximum Gasteiger partial charge on any atom is 0.511 e. The zero-order valence-electron chi connectivity index (χ0n) is 26.7. The van der Waals surface area contributed by atoms with Crippen molar-refractivity contribution in [1.29, 1.82) is 0 Å². The smallest absolute Gasteiger partial charge is 0.464 e. The number of rotatable bonds is 10. The highest BCUT2D eigenvalue weighted by Crippen LogP contribution is 2.35. The molecule has 0 saturated heterocycles. The van der Waals surface area contributed by atoms with Crippen LogP contribution < -0.4 is 5.32 Å². The van der Waals surface area contributed by atoms with Crippen LogP contribution in [0.2, 0.25) is 10.0 Å². The molecule has 1 aromatic heterocycles. The summed E-state index contributed by atoms with van der Waals surface area (Å²) in [6, 6.07) is 13.1. The van der Waals surface area contributed by atoms with Crippen LogP contribution in [0.15, 0.2) is 70.2 Å². The number of esters is 1. The summed E-state index contributed by atoms with van der Waals surface area (Å²) in [6.07, 6.45) is 0.291. The van der Waals surface area contributed by atoms with E-state index in [-0.39, 0.29) is 46.0 Å². The Hall–Kier alpha value is -4.59. The Kier molecular flexibility index (Phi) is 10.9. The zero-order valence-corrected chi connectivity index (χ0v) is 29.0. The number of ether oxygens (including phenoxy) is 3. The van der Waals surface area contributed by atoms with Crippen LogP contribution in [-0.4, -0.2) is 69.0 Å². The van der Waals surface area contributed by atoms with Gasteiger partial charge >= 0.3 is 12.1 Å². The van der Waals surface area contributed by atoms with Crippen molar-refractivity contribution >= 4 is 67.9 Å². The SMILES string of the molecule is CCOC(=O)OC(C)OC(=O)[C@H](Cc1cccc(S(C)(=O)=O)c1)NC(=O)c1c(Cl)cc2c(c1Cl)CCN(C(=O)c1ccc3ccoc3c1)C2. The van der Waals surface area contributed by atoms with Gasteiger partial charge in [-0.05, 0) is 66.4 Å². The van der Waals surface area contributed by atoms with Crippen LogP contribution in [0.5, 0.6) is 0 Å². The van der Waals surface area contributed by atoms with E-state index in [4.69, 9.17) is 41.8 Å². The summed E-state index contributed by atoms with van der Waals surface area (Å²) in [5.41, 5.74) is 2.63. The predicted octanol–water partition coefficient (Wildman–Crippen LogP) is 5.75. The van der Waals surface area contributed by atoms with Crippen molar-refractivity contribution in [3.05, 3.63) is 98.7 Å². The number of hydrogen-bond donors (Lipinski definition) is 1. The van der Waals surface area contributed by atoms with Gasteiger partial charge in [0, 0.05) is 43.6 Å². The van der Waals surface area contributed by atoms with Gasteiger partial charge in [-0.1, -0.05) is 41.4 Å². The minimum Gasteiger partial charge on any atom is -0.464 e. The van der Waals surface area contributed by atoms with Crippen molar-refractivity contribution in [2.45, 2.75) is 50.5 Å². The molecular weight excluding hydrogens is 699 g/mol. The summed E-state index contributed by atoms with van der Waals surface area (Å²) < 4.78 is 44.6. The number of amides is 2. The number of nitrogens with one attached hydrogen (secondary N) is 1. The zero-order chi connectivity index (χ0) is 35.5. The molecule has 15 heteroatoms. The summed E-state index contributed by atoms with van der Waals surface area (Å²) in [5, 5.41) is 3.52. The maximum atomic E-state index is 13.7. The third-order valence-electron chi connectivity index (χ3n) is 7.78. The average molecular weight is 732 g/mol. The van der Waals surface area contributed by atoms with E-state index in [1.165, 1.54) is 25.1 Å². The maximum absolute atomic E-state index is 13.7. The van der Waals surface area contributed by atoms with Crippen molar-refractivity contribution in [2.75, 3.05) is 19.4 Å². The van der Waals surface area contributed by atoms with Crippen molar-refractivity contribution in [1.82, 2.24) is 10.2 Å². The molecule has 1 N–H and O–H groups in total. The lowest BCUT2D eigenvalue weighted by atomic mass is 9.95. The van der Waals surface area contributed by atoms with Gasteiger partial charge in [0.15, 0.2) is 9.84 Å². The third-order valence-corrected chi connectivity index (χ3v) is 9.61. The minimum atomic E-state index is -3.58. The van der Waals surface area contributed by atoms with Crippen LogP contribution >= 0.6 is 23.2 Å². The second kappa shape index (κ2) is 14.9. The number of benzene rings is 3. The predicted molar refractivity (Wildman–Crippen MR) is 179 cm³/mol. The summed E-state index contributed by atoms with van der Waals surface area (Å²) >= 11 is 13.4. The van der Waals surface area contributed by atoms with E-state index in [2.05, 4.69) is 5.32 Å². The molecular formula is C34H32Cl2N2O10S. The highest BCUT2D eigenvalue weighted by molar-refractivity contribution is 7.90. The number of hydrogen-bond acceptors (Lipinski definition) is 10. The molecule has 4 aromatic rings. The topological polar surface area (TPSA) is 159 Å². The molecule has 5 rings (SSSR count). The molecule has 3 aromatic carbocycles. The number of furan rings is 1. The molecule has 258 valence electrons. The monoisotopic (exact) mass is 730 g/mol. The van der Waals surface area contributed by atoms with Crippen molar-refractivity contribution in [3.8, 4) is 0 Å². The lowest BCUT2D eigenvalue weighted by molar-refractivity contribution is -0.170. The molecule has 0 spiro atoms. The van der Waals surface area contributed by atoms with E-state index in [1.54, 1.807) is 48.4 Å². The van der Waals surface area contributed by atoms with E-state index >= 15 is 0 Å². The lowest BCUT2D eigenvalue weighted by Crippen LogP contribution is -2.45. The van der Waals surface area contributed by atoms with Gasteiger partial charge < -0.3 is 28.8 Å². The molecule has 2 atom stereocenters. The first kappa shape index (κ1) is 35.7. The minimum absolute atomic E-state index is 0.0114. The first-order valence-corrected chi connectivity index (χ1v) is 17.8. The molecule has 49 heavy (non-hydrogen) atoms. The summed E-state index contributed by atoms with van der Waals surface area (Å²) in [5.74, 6) is -1.99. The molecule has 0 aliphatic carbocycles. The molecule has 0 bridgehead atoms. The van der Waals surface area contributed by atoms with Gasteiger partial charge in [0.2, 0.25) is 6.29 Å². The Morgan fingerprint density at radius 3 is 2.55 bits per heavy atom. The third kappa shape index (κ3) is 8.35. The van der Waals surface area contributed by atoms with Crippen LogP contribution in [0.3, 0.4) is 0 Å². The number of carbonyl (C=O) groups excluding carboxylic acids is 4. The Bertz CT molecular complexity index is 2050. The Morgan fingerprint density at radius 1 is 1.04 bits per heavy atom. The molecule has 1 aliphatic heterocycles. The molecule has 0 fully saturated rings. The number of halogens is 2. The van der Waals surface area contributed by atoms with Gasteiger partial charge in [0.1, 0.15) is 11.6 Å². The number of nitrogens with zero attached hydrogens (tertiary/aromatic N) is 1. The molecule has 2 amide bonds. The quantitative estimate of drug-likeness (QED) is 0.157. The number of sulfone groups is 1. The van der Waals surface area contributed by atoms with E-state index < -0.39 is 40.2 Å². The second-order valence-electron chi connectivity index (χ2n) is 11.3. The first-order valence-electron chi connectivity index (χ1n) is 15.1. The summed E-state index contributed by atoms with van der Waals surface area (Å²) in [7, 11) is -3.58. The second-order valence-corrected chi connectivity index (χ2v) is 14.1. The van der Waals surface area contributed by atoms with E-state index in [1.807, 2.05) is 6.07 Å². The largest absolute Gasteiger partial charge is 0.511 e. The molecule has 12 nitrogen and oxygen atoms in total. The van der Waals surface area contributed by atoms with E-state index in [0.717, 1.165) is 11.6 Å². The number of fused-ring (bicyclic) bond motifs is 2. The van der Waals surface area contributed by atoms with Crippen molar-refractivity contribution in [2.24, 2.45) is 0 Å². The van der Waals surface area contributed by atoms with Crippen LogP contribution in [-0.2, 0) is 48.2 Å². The van der Waals surface area contributed by atoms with Crippen LogP contribution in [0.1, 0.15) is 51.3 Å². The van der Waals surface area contributed by atoms with Crippen LogP contribution in [0.4, 0.5) is 4.79 Å². The normalized spacial score (nSPS) is 14.0. The fourth-order valence-corrected chi connectivity index (χ4v) is 6.88. The van der Waals surface area contributed by atoms with Gasteiger partial charge in [0.25, 0.3) is 11.8 Å². The first-order chi connectivity index (χ1) is 23.2. The summed E-state index contributed by atoms with van der Waals surface area (Å²) in [6.45, 7) is 3.40. The lowest BCUT2D eigenvalue weighted by Gasteiger charge is -2.30. The van der Waals surface area contributed by atoms with Crippen LogP contribution in [0, 0.1) is 0 Å². The molecule has 0 radical (unpaired) electrons. The van der Waals surface area contributed by atoms with Gasteiger partial charge in [-0.15, -0.1) is 0 Å². The molecule has 1 aliphatic rings. The fourth-order valence-electron chi connectivity index (χ4n) is 5.42. The molecule has 2 heterocycles. The number of carbonyl (C=O) groups is 4. The van der Waals surface area contributed by atoms with E-state index in [9.17, 15) is 27.6 Å². The highest BCUT2D eigenvalue weighted by atomic mass is 35.5. The standard InChI is InChI=1S/C34H32Cl2N2O10S/c1-4-45-34(42)48-19(2)47-33(41)27(15-20-6-5-7-24(14-20)49(3,43)44)37-31(39)29-26(35)16-23-18-38(12-10-25(23)30(29)36)32(40)22-9-8-21-11-13-46-28(21)17-22/h5-9,11,13-14,16-17,19,27H,4,10,12,15,18H2,1-3H3,(H,37,39)/t19?,27-/m0/s1. The Morgan fingerprint density at radius 2 is 1.82 bits per heavy atom. The van der Waals surface area contributed by atoms with Crippen molar-refractivity contribution in [3.63, 3.8) is 0 Å². The molecule has 0 saturated carbocycles. The molecule has 1 unspecified atom stereocenters. The highest BCUT2D eigenvalue weighted by Gasteiger charge is 2.31. The van der Waals surface area contributed by atoms with Crippen molar-refractivity contribution < 1.29 is 46.2 Å². The van der Waals surface area contributed by atoms with E-state index in [0.29, 0.717) is 40.8 Å². The average Bonchev–Trinajstić information content (AvgIpc) is 3.52. The van der Waals surface area contributed by atoms with Gasteiger partial charge in [-0.3, -0.25) is 9.59 Å². The van der Waals surface area contributed by atoms with Gasteiger partial charge in [-0.2, -0.15) is 0 Å². The Labute approximate surface area is 292 Å². The van der Waals surface area contributed by atoms with Crippen LogP contribution in [0.25, 0.3) is 11.0 Å².